The fourth-order valence-corrected chi connectivity index (χ4v) is 2.40. The van der Waals surface area contributed by atoms with Crippen LogP contribution in [0.5, 0.6) is 0 Å². The zero-order valence-corrected chi connectivity index (χ0v) is 11.2. The van der Waals surface area contributed by atoms with Crippen molar-refractivity contribution in [2.45, 2.75) is 0 Å². The summed E-state index contributed by atoms with van der Waals surface area (Å²) in [5.41, 5.74) is 1.25. The summed E-state index contributed by atoms with van der Waals surface area (Å²) in [5, 5.41) is 13.0. The van der Waals surface area contributed by atoms with Gasteiger partial charge in [-0.15, -0.1) is 0 Å². The first-order chi connectivity index (χ1) is 8.02. The molecular weight excluding hydrogens is 307 g/mol. The minimum atomic E-state index is -1.14. The summed E-state index contributed by atoms with van der Waals surface area (Å²) in [6.07, 6.45) is 0. The third kappa shape index (κ3) is 2.08. The molecule has 0 spiro atoms. The van der Waals surface area contributed by atoms with Gasteiger partial charge < -0.3 is 5.11 Å². The van der Waals surface area contributed by atoms with Gasteiger partial charge in [0.1, 0.15) is 5.02 Å². The lowest BCUT2D eigenvalue weighted by atomic mass is 10.1. The van der Waals surface area contributed by atoms with E-state index in [1.807, 2.05) is 24.3 Å². The van der Waals surface area contributed by atoms with Crippen LogP contribution in [-0.2, 0) is 7.05 Å². The maximum Gasteiger partial charge on any atom is 0.358 e. The van der Waals surface area contributed by atoms with Crippen molar-refractivity contribution in [2.75, 3.05) is 0 Å². The van der Waals surface area contributed by atoms with Crippen molar-refractivity contribution in [1.29, 1.82) is 0 Å². The van der Waals surface area contributed by atoms with Crippen molar-refractivity contribution >= 4 is 33.5 Å². The number of carboxylic acid groups (broad SMARTS) is 1. The molecule has 0 aliphatic carbocycles. The smallest absolute Gasteiger partial charge is 0.358 e. The second kappa shape index (κ2) is 4.50. The van der Waals surface area contributed by atoms with Crippen molar-refractivity contribution < 1.29 is 9.90 Å². The van der Waals surface area contributed by atoms with Crippen molar-refractivity contribution in [2.24, 2.45) is 7.05 Å². The van der Waals surface area contributed by atoms with E-state index in [9.17, 15) is 4.79 Å². The van der Waals surface area contributed by atoms with Gasteiger partial charge in [-0.25, -0.2) is 4.79 Å². The maximum absolute atomic E-state index is 10.9. The lowest BCUT2D eigenvalue weighted by Crippen LogP contribution is -1.99. The monoisotopic (exact) mass is 314 g/mol. The van der Waals surface area contributed by atoms with Gasteiger partial charge in [0.2, 0.25) is 0 Å². The topological polar surface area (TPSA) is 55.1 Å². The highest BCUT2D eigenvalue weighted by atomic mass is 79.9. The van der Waals surface area contributed by atoms with E-state index in [4.69, 9.17) is 16.7 Å². The number of hydrogen-bond donors (Lipinski definition) is 1. The van der Waals surface area contributed by atoms with Gasteiger partial charge in [0, 0.05) is 17.1 Å². The van der Waals surface area contributed by atoms with Crippen molar-refractivity contribution in [3.05, 3.63) is 39.5 Å². The standard InChI is InChI=1S/C11H8BrClN2O2/c1-15-10(6-4-2-3-5-7(6)12)8(13)9(14-15)11(16)17/h2-5H,1H3,(H,16,17). The summed E-state index contributed by atoms with van der Waals surface area (Å²) >= 11 is 9.45. The number of hydrogen-bond acceptors (Lipinski definition) is 2. The van der Waals surface area contributed by atoms with E-state index in [1.165, 1.54) is 4.68 Å². The highest BCUT2D eigenvalue weighted by Gasteiger charge is 2.21. The Labute approximate surface area is 111 Å². The van der Waals surface area contributed by atoms with Crippen LogP contribution in [0.2, 0.25) is 5.02 Å². The van der Waals surface area contributed by atoms with E-state index in [0.717, 1.165) is 10.0 Å². The average Bonchev–Trinajstić information content (AvgIpc) is 2.56. The maximum atomic E-state index is 10.9. The molecule has 88 valence electrons. The Hall–Kier alpha value is -1.33. The fraction of sp³-hybridized carbons (Fsp3) is 0.0909. The molecule has 0 radical (unpaired) electrons. The number of nitrogens with zero attached hydrogens (tertiary/aromatic N) is 2. The van der Waals surface area contributed by atoms with Crippen LogP contribution in [0, 0.1) is 0 Å². The molecule has 0 saturated heterocycles. The first kappa shape index (κ1) is 12.1. The quantitative estimate of drug-likeness (QED) is 0.926. The predicted molar refractivity (Wildman–Crippen MR) is 68.3 cm³/mol. The summed E-state index contributed by atoms with van der Waals surface area (Å²) in [6, 6.07) is 7.43. The highest BCUT2D eigenvalue weighted by Crippen LogP contribution is 2.34. The summed E-state index contributed by atoms with van der Waals surface area (Å²) in [6.45, 7) is 0. The Morgan fingerprint density at radius 3 is 2.65 bits per heavy atom. The van der Waals surface area contributed by atoms with Crippen LogP contribution in [0.4, 0.5) is 0 Å². The molecule has 0 bridgehead atoms. The SMILES string of the molecule is Cn1nc(C(=O)O)c(Cl)c1-c1ccccc1Br. The molecule has 2 aromatic rings. The van der Waals surface area contributed by atoms with E-state index in [-0.39, 0.29) is 10.7 Å². The van der Waals surface area contributed by atoms with E-state index < -0.39 is 5.97 Å². The van der Waals surface area contributed by atoms with Crippen LogP contribution in [0.3, 0.4) is 0 Å². The Bertz CT molecular complexity index is 595. The van der Waals surface area contributed by atoms with Crippen molar-refractivity contribution in [1.82, 2.24) is 9.78 Å². The minimum absolute atomic E-state index is 0.139. The van der Waals surface area contributed by atoms with Gasteiger partial charge in [0.05, 0.1) is 5.69 Å². The number of aromatic carboxylic acids is 1. The van der Waals surface area contributed by atoms with Gasteiger partial charge in [0.25, 0.3) is 0 Å². The molecule has 4 nitrogen and oxygen atoms in total. The number of aromatic nitrogens is 2. The lowest BCUT2D eigenvalue weighted by molar-refractivity contribution is 0.0690. The predicted octanol–water partition coefficient (Wildman–Crippen LogP) is 3.20. The molecule has 0 fully saturated rings. The molecule has 0 saturated carbocycles. The van der Waals surface area contributed by atoms with Crippen LogP contribution in [0.25, 0.3) is 11.3 Å². The molecule has 1 aromatic carbocycles. The molecule has 0 aliphatic heterocycles. The molecule has 0 atom stereocenters. The van der Waals surface area contributed by atoms with Crippen molar-refractivity contribution in [3.63, 3.8) is 0 Å². The Balaban J connectivity index is 2.69. The van der Waals surface area contributed by atoms with Crippen LogP contribution in [-0.4, -0.2) is 20.9 Å². The molecule has 0 unspecified atom stereocenters. The first-order valence-electron chi connectivity index (χ1n) is 4.73. The van der Waals surface area contributed by atoms with Crippen molar-refractivity contribution in [3.8, 4) is 11.3 Å². The molecule has 2 rings (SSSR count). The number of carbonyl (C=O) groups is 1. The fourth-order valence-electron chi connectivity index (χ4n) is 1.58. The van der Waals surface area contributed by atoms with E-state index in [1.54, 1.807) is 7.05 Å². The normalized spacial score (nSPS) is 10.5. The molecule has 0 aliphatic rings. The van der Waals surface area contributed by atoms with E-state index in [2.05, 4.69) is 21.0 Å². The molecule has 0 amide bonds. The summed E-state index contributed by atoms with van der Waals surface area (Å²) in [7, 11) is 1.66. The second-order valence-corrected chi connectivity index (χ2v) is 4.65. The average molecular weight is 316 g/mol. The van der Waals surface area contributed by atoms with Crippen LogP contribution >= 0.6 is 27.5 Å². The number of benzene rings is 1. The molecule has 6 heteroatoms. The van der Waals surface area contributed by atoms with Gasteiger partial charge in [-0.3, -0.25) is 4.68 Å². The van der Waals surface area contributed by atoms with Crippen LogP contribution < -0.4 is 0 Å². The number of rotatable bonds is 2. The third-order valence-corrected chi connectivity index (χ3v) is 3.37. The number of halogens is 2. The lowest BCUT2D eigenvalue weighted by Gasteiger charge is -2.04. The molecule has 1 heterocycles. The first-order valence-corrected chi connectivity index (χ1v) is 5.90. The zero-order valence-electron chi connectivity index (χ0n) is 8.82. The van der Waals surface area contributed by atoms with Gasteiger partial charge in [-0.2, -0.15) is 5.10 Å². The number of aryl methyl sites for hydroxylation is 1. The van der Waals surface area contributed by atoms with E-state index >= 15 is 0 Å². The Morgan fingerprint density at radius 1 is 1.47 bits per heavy atom. The zero-order chi connectivity index (χ0) is 12.6. The molecule has 17 heavy (non-hydrogen) atoms. The Morgan fingerprint density at radius 2 is 2.12 bits per heavy atom. The third-order valence-electron chi connectivity index (χ3n) is 2.32. The minimum Gasteiger partial charge on any atom is -0.476 e. The number of carboxylic acids is 1. The highest BCUT2D eigenvalue weighted by molar-refractivity contribution is 9.10. The van der Waals surface area contributed by atoms with Gasteiger partial charge in [0.15, 0.2) is 5.69 Å². The second-order valence-electron chi connectivity index (χ2n) is 3.42. The largest absolute Gasteiger partial charge is 0.476 e. The van der Waals surface area contributed by atoms with Gasteiger partial charge in [-0.1, -0.05) is 45.7 Å². The summed E-state index contributed by atoms with van der Waals surface area (Å²) < 4.78 is 2.30. The van der Waals surface area contributed by atoms with Gasteiger partial charge >= 0.3 is 5.97 Å². The summed E-state index contributed by atoms with van der Waals surface area (Å²) in [5.74, 6) is -1.14. The van der Waals surface area contributed by atoms with Crippen LogP contribution in [0.1, 0.15) is 10.5 Å². The molecule has 1 N–H and O–H groups in total. The summed E-state index contributed by atoms with van der Waals surface area (Å²) in [4.78, 5) is 10.9. The molecule has 1 aromatic heterocycles. The van der Waals surface area contributed by atoms with Gasteiger partial charge in [-0.05, 0) is 6.07 Å². The molecular formula is C11H8BrClN2O2. The Kier molecular flexibility index (Phi) is 3.22. The van der Waals surface area contributed by atoms with E-state index in [0.29, 0.717) is 5.69 Å². The van der Waals surface area contributed by atoms with Crippen LogP contribution in [0.15, 0.2) is 28.7 Å².